The number of hydrogen-bond acceptors (Lipinski definition) is 8. The standard InChI is InChI=1S/C23H30ClFN4O4S2/c1-15(2)21-26-23(34-27-21)28-10-6-16(7-11-28)29-12-8-20(22(29)30)33-19-5-4-17(14-18(19)25)35(31,32)13-3-9-24/h4-5,14-16,20H,3,6-13H2,1-2H3. The van der Waals surface area contributed by atoms with Crippen LogP contribution in [0.15, 0.2) is 23.1 Å². The van der Waals surface area contributed by atoms with Crippen molar-refractivity contribution in [3.63, 3.8) is 0 Å². The lowest BCUT2D eigenvalue weighted by Gasteiger charge is -2.36. The van der Waals surface area contributed by atoms with Crippen LogP contribution in [0.3, 0.4) is 0 Å². The van der Waals surface area contributed by atoms with E-state index in [9.17, 15) is 17.6 Å². The second-order valence-electron chi connectivity index (χ2n) is 9.19. The van der Waals surface area contributed by atoms with Crippen LogP contribution < -0.4 is 9.64 Å². The average molecular weight is 545 g/mol. The van der Waals surface area contributed by atoms with Crippen LogP contribution in [0.25, 0.3) is 0 Å². The Balaban J connectivity index is 1.34. The van der Waals surface area contributed by atoms with Gasteiger partial charge in [-0.15, -0.1) is 11.6 Å². The van der Waals surface area contributed by atoms with Crippen molar-refractivity contribution < 1.29 is 22.3 Å². The van der Waals surface area contributed by atoms with E-state index in [0.717, 1.165) is 43.0 Å². The fourth-order valence-corrected chi connectivity index (χ4v) is 6.86. The second-order valence-corrected chi connectivity index (χ2v) is 12.4. The van der Waals surface area contributed by atoms with Crippen molar-refractivity contribution in [1.82, 2.24) is 14.3 Å². The summed E-state index contributed by atoms with van der Waals surface area (Å²) in [6.45, 7) is 6.28. The first-order valence-electron chi connectivity index (χ1n) is 11.8. The minimum absolute atomic E-state index is 0.101. The molecule has 35 heavy (non-hydrogen) atoms. The molecular weight excluding hydrogens is 515 g/mol. The van der Waals surface area contributed by atoms with E-state index in [4.69, 9.17) is 16.3 Å². The number of aromatic nitrogens is 2. The Hall–Kier alpha value is -1.98. The fourth-order valence-electron chi connectivity index (χ4n) is 4.39. The number of rotatable bonds is 9. The van der Waals surface area contributed by atoms with Crippen LogP contribution in [0.5, 0.6) is 5.75 Å². The van der Waals surface area contributed by atoms with Crippen molar-refractivity contribution in [2.75, 3.05) is 36.2 Å². The first-order chi connectivity index (χ1) is 16.7. The van der Waals surface area contributed by atoms with Gasteiger partial charge in [0.15, 0.2) is 27.5 Å². The topological polar surface area (TPSA) is 92.7 Å². The van der Waals surface area contributed by atoms with E-state index in [1.807, 2.05) is 4.90 Å². The van der Waals surface area contributed by atoms with Crippen molar-refractivity contribution in [3.8, 4) is 5.75 Å². The van der Waals surface area contributed by atoms with Crippen molar-refractivity contribution in [3.05, 3.63) is 29.8 Å². The Bertz CT molecular complexity index is 1150. The van der Waals surface area contributed by atoms with Gasteiger partial charge >= 0.3 is 0 Å². The van der Waals surface area contributed by atoms with Crippen LogP contribution in [-0.2, 0) is 14.6 Å². The average Bonchev–Trinajstić information content (AvgIpc) is 3.47. The van der Waals surface area contributed by atoms with Crippen LogP contribution in [0.2, 0.25) is 0 Å². The molecule has 2 aromatic rings. The molecule has 1 unspecified atom stereocenters. The molecule has 1 aromatic heterocycles. The van der Waals surface area contributed by atoms with Crippen LogP contribution >= 0.6 is 23.1 Å². The zero-order valence-electron chi connectivity index (χ0n) is 19.8. The van der Waals surface area contributed by atoms with Gasteiger partial charge in [-0.05, 0) is 37.5 Å². The zero-order valence-corrected chi connectivity index (χ0v) is 22.2. The molecule has 1 amide bonds. The number of halogens is 2. The van der Waals surface area contributed by atoms with E-state index in [0.29, 0.717) is 13.0 Å². The van der Waals surface area contributed by atoms with Crippen LogP contribution in [0.1, 0.15) is 51.3 Å². The Morgan fingerprint density at radius 2 is 1.97 bits per heavy atom. The number of sulfone groups is 1. The van der Waals surface area contributed by atoms with Gasteiger partial charge in [-0.3, -0.25) is 4.79 Å². The molecule has 0 saturated carbocycles. The molecule has 12 heteroatoms. The second kappa shape index (κ2) is 11.0. The van der Waals surface area contributed by atoms with Crippen molar-refractivity contribution >= 4 is 44.0 Å². The van der Waals surface area contributed by atoms with Crippen LogP contribution in [0, 0.1) is 5.82 Å². The number of carbonyl (C=O) groups is 1. The molecule has 8 nitrogen and oxygen atoms in total. The van der Waals surface area contributed by atoms with Gasteiger partial charge in [0.2, 0.25) is 5.13 Å². The summed E-state index contributed by atoms with van der Waals surface area (Å²) >= 11 is 6.99. The number of anilines is 1. The lowest BCUT2D eigenvalue weighted by Crippen LogP contribution is -2.47. The molecule has 2 fully saturated rings. The summed E-state index contributed by atoms with van der Waals surface area (Å²) in [7, 11) is -3.62. The van der Waals surface area contributed by atoms with Gasteiger partial charge in [0.1, 0.15) is 5.82 Å². The Morgan fingerprint density at radius 3 is 2.60 bits per heavy atom. The summed E-state index contributed by atoms with van der Waals surface area (Å²) in [4.78, 5) is 21.6. The fraction of sp³-hybridized carbons (Fsp3) is 0.609. The number of nitrogens with zero attached hydrogens (tertiary/aromatic N) is 4. The molecule has 0 aliphatic carbocycles. The maximum atomic E-state index is 14.6. The zero-order chi connectivity index (χ0) is 25.2. The quantitative estimate of drug-likeness (QED) is 0.443. The Morgan fingerprint density at radius 1 is 1.23 bits per heavy atom. The van der Waals surface area contributed by atoms with Crippen LogP contribution in [-0.4, -0.2) is 72.0 Å². The minimum atomic E-state index is -3.62. The monoisotopic (exact) mass is 544 g/mol. The van der Waals surface area contributed by atoms with Gasteiger partial charge in [-0.1, -0.05) is 13.8 Å². The SMILES string of the molecule is CC(C)c1nsc(N2CCC(N3CCC(Oc4ccc(S(=O)(=O)CCCCl)cc4F)C3=O)CC2)n1. The molecule has 0 radical (unpaired) electrons. The lowest BCUT2D eigenvalue weighted by atomic mass is 10.0. The predicted molar refractivity (Wildman–Crippen MR) is 134 cm³/mol. The van der Waals surface area contributed by atoms with E-state index in [1.54, 1.807) is 0 Å². The highest BCUT2D eigenvalue weighted by molar-refractivity contribution is 7.91. The molecule has 0 N–H and O–H groups in total. The largest absolute Gasteiger partial charge is 0.477 e. The third-order valence-corrected chi connectivity index (χ3v) is 9.25. The smallest absolute Gasteiger partial charge is 0.263 e. The third-order valence-electron chi connectivity index (χ3n) is 6.39. The molecule has 0 bridgehead atoms. The number of alkyl halides is 1. The molecule has 0 spiro atoms. The van der Waals surface area contributed by atoms with Gasteiger partial charge in [-0.2, -0.15) is 4.37 Å². The Kier molecular flexibility index (Phi) is 8.17. The molecule has 1 atom stereocenters. The molecule has 3 heterocycles. The molecule has 2 aliphatic heterocycles. The summed E-state index contributed by atoms with van der Waals surface area (Å²) in [6.07, 6.45) is 1.60. The summed E-state index contributed by atoms with van der Waals surface area (Å²) in [5, 5.41) is 0.921. The number of amides is 1. The van der Waals surface area contributed by atoms with E-state index >= 15 is 0 Å². The first-order valence-corrected chi connectivity index (χ1v) is 14.8. The summed E-state index contributed by atoms with van der Waals surface area (Å²) in [6, 6.07) is 3.64. The molecular formula is C23H30ClFN4O4S2. The number of benzene rings is 1. The number of ether oxygens (including phenoxy) is 1. The number of carbonyl (C=O) groups excluding carboxylic acids is 1. The normalized spacial score (nSPS) is 19.7. The van der Waals surface area contributed by atoms with Gasteiger partial charge < -0.3 is 14.5 Å². The summed E-state index contributed by atoms with van der Waals surface area (Å²) in [5.74, 6) is 0.141. The third kappa shape index (κ3) is 5.89. The van der Waals surface area contributed by atoms with Gasteiger partial charge in [0.05, 0.1) is 10.6 Å². The van der Waals surface area contributed by atoms with E-state index in [1.165, 1.54) is 23.7 Å². The molecule has 4 rings (SSSR count). The maximum Gasteiger partial charge on any atom is 0.263 e. The van der Waals surface area contributed by atoms with Crippen molar-refractivity contribution in [2.45, 2.75) is 62.5 Å². The van der Waals surface area contributed by atoms with Gasteiger partial charge in [0.25, 0.3) is 5.91 Å². The summed E-state index contributed by atoms with van der Waals surface area (Å²) < 4.78 is 49.3. The number of hydrogen-bond donors (Lipinski definition) is 0. The number of piperidine rings is 1. The maximum absolute atomic E-state index is 14.6. The van der Waals surface area contributed by atoms with E-state index < -0.39 is 21.8 Å². The van der Waals surface area contributed by atoms with Crippen molar-refractivity contribution in [1.29, 1.82) is 0 Å². The molecule has 2 saturated heterocycles. The summed E-state index contributed by atoms with van der Waals surface area (Å²) in [5.41, 5.74) is 0. The van der Waals surface area contributed by atoms with E-state index in [2.05, 4.69) is 28.1 Å². The van der Waals surface area contributed by atoms with Crippen molar-refractivity contribution in [2.24, 2.45) is 0 Å². The molecule has 2 aliphatic rings. The highest BCUT2D eigenvalue weighted by atomic mass is 35.5. The Labute approximate surface area is 214 Å². The molecule has 1 aromatic carbocycles. The number of likely N-dealkylation sites (tertiary alicyclic amines) is 1. The first kappa shape index (κ1) is 26.1. The van der Waals surface area contributed by atoms with E-state index in [-0.39, 0.29) is 46.6 Å². The highest BCUT2D eigenvalue weighted by Crippen LogP contribution is 2.30. The highest BCUT2D eigenvalue weighted by Gasteiger charge is 2.39. The van der Waals surface area contributed by atoms with Gasteiger partial charge in [-0.25, -0.2) is 17.8 Å². The van der Waals surface area contributed by atoms with Crippen LogP contribution in [0.4, 0.5) is 9.52 Å². The molecule has 192 valence electrons. The van der Waals surface area contributed by atoms with Gasteiger partial charge in [0, 0.05) is 55.4 Å². The lowest BCUT2D eigenvalue weighted by molar-refractivity contribution is -0.135. The predicted octanol–water partition coefficient (Wildman–Crippen LogP) is 3.85. The minimum Gasteiger partial charge on any atom is -0.477 e.